The Labute approximate surface area is 95.5 Å². The van der Waals surface area contributed by atoms with Gasteiger partial charge in [0.25, 0.3) is 0 Å². The van der Waals surface area contributed by atoms with Crippen LogP contribution in [0.15, 0.2) is 0 Å². The molecule has 3 atom stereocenters. The largest absolute Gasteiger partial charge is 0.481 e. The van der Waals surface area contributed by atoms with E-state index < -0.39 is 11.6 Å². The van der Waals surface area contributed by atoms with E-state index in [0.717, 1.165) is 19.3 Å². The number of aliphatic hydroxyl groups is 2. The minimum absolute atomic E-state index is 0.132. The van der Waals surface area contributed by atoms with Crippen molar-refractivity contribution < 1.29 is 20.1 Å². The molecule has 0 amide bonds. The summed E-state index contributed by atoms with van der Waals surface area (Å²) in [6, 6.07) is 0.132. The Kier molecular flexibility index (Phi) is 4.70. The summed E-state index contributed by atoms with van der Waals surface area (Å²) in [7, 11) is 0. The summed E-state index contributed by atoms with van der Waals surface area (Å²) in [6.45, 7) is 1.55. The second-order valence-electron chi connectivity index (χ2n) is 4.93. The molecule has 1 aliphatic rings. The molecule has 0 aromatic rings. The van der Waals surface area contributed by atoms with Crippen LogP contribution in [0.1, 0.15) is 32.6 Å². The number of carboxylic acid groups (broad SMARTS) is 1. The Balaban J connectivity index is 2.35. The Hall–Kier alpha value is -0.650. The number of aliphatic carboxylic acids is 1. The lowest BCUT2D eigenvalue weighted by Gasteiger charge is -2.30. The topological polar surface area (TPSA) is 89.8 Å². The third-order valence-corrected chi connectivity index (χ3v) is 3.14. The molecule has 1 rings (SSSR count). The van der Waals surface area contributed by atoms with Crippen LogP contribution < -0.4 is 5.32 Å². The summed E-state index contributed by atoms with van der Waals surface area (Å²) in [4.78, 5) is 10.8. The molecule has 1 fully saturated rings. The smallest absolute Gasteiger partial charge is 0.306 e. The fraction of sp³-hybridized carbons (Fsp3) is 0.909. The lowest BCUT2D eigenvalue weighted by atomic mass is 9.85. The SMILES string of the molecule is CC(O)(CO)CNC1CCCC(C(=O)O)C1. The minimum atomic E-state index is -1.13. The lowest BCUT2D eigenvalue weighted by Crippen LogP contribution is -2.46. The zero-order valence-electron chi connectivity index (χ0n) is 9.65. The van der Waals surface area contributed by atoms with Crippen molar-refractivity contribution in [2.45, 2.75) is 44.2 Å². The lowest BCUT2D eigenvalue weighted by molar-refractivity contribution is -0.143. The Bertz CT molecular complexity index is 242. The summed E-state index contributed by atoms with van der Waals surface area (Å²) >= 11 is 0. The molecular formula is C11H21NO4. The van der Waals surface area contributed by atoms with Crippen molar-refractivity contribution >= 4 is 5.97 Å². The van der Waals surface area contributed by atoms with Gasteiger partial charge in [0.2, 0.25) is 0 Å². The number of nitrogens with one attached hydrogen (secondary N) is 1. The third kappa shape index (κ3) is 4.08. The highest BCUT2D eigenvalue weighted by molar-refractivity contribution is 5.70. The second kappa shape index (κ2) is 5.61. The summed E-state index contributed by atoms with van der Waals surface area (Å²) in [5, 5.41) is 30.5. The van der Waals surface area contributed by atoms with Crippen LogP contribution in [0, 0.1) is 5.92 Å². The van der Waals surface area contributed by atoms with Gasteiger partial charge >= 0.3 is 5.97 Å². The highest BCUT2D eigenvalue weighted by atomic mass is 16.4. The highest BCUT2D eigenvalue weighted by Crippen LogP contribution is 2.24. The van der Waals surface area contributed by atoms with E-state index in [1.165, 1.54) is 0 Å². The van der Waals surface area contributed by atoms with Crippen molar-refractivity contribution in [3.63, 3.8) is 0 Å². The summed E-state index contributed by atoms with van der Waals surface area (Å²) in [5.74, 6) is -1.01. The van der Waals surface area contributed by atoms with Gasteiger partial charge in [-0.05, 0) is 26.2 Å². The molecule has 0 heterocycles. The van der Waals surface area contributed by atoms with Gasteiger partial charge in [0.05, 0.1) is 18.1 Å². The van der Waals surface area contributed by atoms with E-state index >= 15 is 0 Å². The molecule has 94 valence electrons. The van der Waals surface area contributed by atoms with Crippen molar-refractivity contribution in [2.24, 2.45) is 5.92 Å². The van der Waals surface area contributed by atoms with Crippen LogP contribution in [0.5, 0.6) is 0 Å². The molecule has 0 bridgehead atoms. The number of carboxylic acids is 1. The molecule has 0 saturated heterocycles. The maximum Gasteiger partial charge on any atom is 0.306 e. The summed E-state index contributed by atoms with van der Waals surface area (Å²) < 4.78 is 0. The standard InChI is InChI=1S/C11H21NO4/c1-11(16,7-13)6-12-9-4-2-3-8(5-9)10(14)15/h8-9,12-13,16H,2-7H2,1H3,(H,14,15). The van der Waals surface area contributed by atoms with Crippen LogP contribution in [0.25, 0.3) is 0 Å². The molecule has 1 saturated carbocycles. The van der Waals surface area contributed by atoms with Gasteiger partial charge in [-0.15, -0.1) is 0 Å². The zero-order valence-corrected chi connectivity index (χ0v) is 9.65. The summed E-state index contributed by atoms with van der Waals surface area (Å²) in [5.41, 5.74) is -1.13. The Morgan fingerprint density at radius 1 is 1.50 bits per heavy atom. The van der Waals surface area contributed by atoms with Crippen molar-refractivity contribution in [1.82, 2.24) is 5.32 Å². The normalized spacial score (nSPS) is 29.7. The fourth-order valence-electron chi connectivity index (χ4n) is 2.02. The average Bonchev–Trinajstić information content (AvgIpc) is 2.27. The molecule has 4 N–H and O–H groups in total. The summed E-state index contributed by atoms with van der Waals surface area (Å²) in [6.07, 6.45) is 3.18. The molecule has 0 aromatic heterocycles. The van der Waals surface area contributed by atoms with Crippen molar-refractivity contribution in [3.05, 3.63) is 0 Å². The fourth-order valence-corrected chi connectivity index (χ4v) is 2.02. The van der Waals surface area contributed by atoms with Crippen LogP contribution in [0.4, 0.5) is 0 Å². The number of hydrogen-bond donors (Lipinski definition) is 4. The minimum Gasteiger partial charge on any atom is -0.481 e. The van der Waals surface area contributed by atoms with E-state index in [0.29, 0.717) is 13.0 Å². The van der Waals surface area contributed by atoms with Gasteiger partial charge in [0, 0.05) is 12.6 Å². The first-order valence-corrected chi connectivity index (χ1v) is 5.74. The van der Waals surface area contributed by atoms with E-state index in [1.54, 1.807) is 6.92 Å². The van der Waals surface area contributed by atoms with Crippen LogP contribution >= 0.6 is 0 Å². The van der Waals surface area contributed by atoms with E-state index in [4.69, 9.17) is 10.2 Å². The second-order valence-corrected chi connectivity index (χ2v) is 4.93. The highest BCUT2D eigenvalue weighted by Gasteiger charge is 2.28. The average molecular weight is 231 g/mol. The molecule has 0 aromatic carbocycles. The van der Waals surface area contributed by atoms with Crippen LogP contribution in [-0.4, -0.2) is 46.1 Å². The number of rotatable bonds is 5. The van der Waals surface area contributed by atoms with Gasteiger partial charge in [-0.3, -0.25) is 4.79 Å². The first-order chi connectivity index (χ1) is 7.44. The van der Waals surface area contributed by atoms with Gasteiger partial charge < -0.3 is 20.6 Å². The first kappa shape index (κ1) is 13.4. The van der Waals surface area contributed by atoms with Crippen molar-refractivity contribution in [1.29, 1.82) is 0 Å². The molecule has 0 radical (unpaired) electrons. The quantitative estimate of drug-likeness (QED) is 0.533. The maximum absolute atomic E-state index is 10.8. The van der Waals surface area contributed by atoms with Gasteiger partial charge in [-0.25, -0.2) is 0 Å². The van der Waals surface area contributed by atoms with Crippen LogP contribution in [-0.2, 0) is 4.79 Å². The van der Waals surface area contributed by atoms with Crippen LogP contribution in [0.3, 0.4) is 0 Å². The number of hydrogen-bond acceptors (Lipinski definition) is 4. The molecule has 5 nitrogen and oxygen atoms in total. The Morgan fingerprint density at radius 3 is 2.75 bits per heavy atom. The van der Waals surface area contributed by atoms with Gasteiger partial charge in [-0.1, -0.05) is 6.42 Å². The third-order valence-electron chi connectivity index (χ3n) is 3.14. The van der Waals surface area contributed by atoms with Gasteiger partial charge in [0.15, 0.2) is 0 Å². The molecule has 16 heavy (non-hydrogen) atoms. The number of aliphatic hydroxyl groups excluding tert-OH is 1. The zero-order chi connectivity index (χ0) is 12.2. The molecule has 0 spiro atoms. The molecule has 5 heteroatoms. The van der Waals surface area contributed by atoms with Gasteiger partial charge in [0.1, 0.15) is 0 Å². The van der Waals surface area contributed by atoms with Crippen LogP contribution in [0.2, 0.25) is 0 Å². The number of carbonyl (C=O) groups is 1. The first-order valence-electron chi connectivity index (χ1n) is 5.74. The molecule has 1 aliphatic carbocycles. The molecule has 3 unspecified atom stereocenters. The molecular weight excluding hydrogens is 210 g/mol. The molecule has 0 aliphatic heterocycles. The van der Waals surface area contributed by atoms with E-state index in [-0.39, 0.29) is 18.6 Å². The Morgan fingerprint density at radius 2 is 2.19 bits per heavy atom. The van der Waals surface area contributed by atoms with E-state index in [1.807, 2.05) is 0 Å². The predicted molar refractivity (Wildman–Crippen MR) is 59.1 cm³/mol. The van der Waals surface area contributed by atoms with Crippen molar-refractivity contribution in [3.8, 4) is 0 Å². The van der Waals surface area contributed by atoms with E-state index in [9.17, 15) is 9.90 Å². The van der Waals surface area contributed by atoms with Gasteiger partial charge in [-0.2, -0.15) is 0 Å². The maximum atomic E-state index is 10.8. The predicted octanol–water partition coefficient (Wildman–Crippen LogP) is -0.0373. The monoisotopic (exact) mass is 231 g/mol. The van der Waals surface area contributed by atoms with E-state index in [2.05, 4.69) is 5.32 Å². The van der Waals surface area contributed by atoms with Crippen molar-refractivity contribution in [2.75, 3.05) is 13.2 Å².